The van der Waals surface area contributed by atoms with Gasteiger partial charge < -0.3 is 24.2 Å². The summed E-state index contributed by atoms with van der Waals surface area (Å²) >= 11 is -2.01. The van der Waals surface area contributed by atoms with E-state index in [2.05, 4.69) is 35.9 Å². The average molecular weight is 925 g/mol. The molecule has 5 aromatic rings. The number of nitrogens with one attached hydrogen (secondary N) is 3. The first-order chi connectivity index (χ1) is 31.9. The standard InChI is InChI=1S/C48H48F4N8O5S/c49-33-13-18-59(26-33)66(65)56-39-5-4-37(50)43(44(39)52)45(62)36-23-54-46-35(36)20-31(22-53-46)30-2-6-40(38(51)21-30)58-16-9-27(10-17-58)24-57-14-11-28(12-15-57)29-1-3-34-32(19-29)25-60(48(34)64)41-7-8-42(61)55-47(41)63/h1-6,19-23,27-28,33,41,56H,7-18,24-26H2,(H,53,54)(H,55,61,63). The molecule has 18 heteroatoms. The number of pyridine rings is 1. The highest BCUT2D eigenvalue weighted by Crippen LogP contribution is 2.36. The first-order valence-electron chi connectivity index (χ1n) is 22.5. The largest absolute Gasteiger partial charge is 0.573 e. The number of carbonyl (C=O) groups is 4. The summed E-state index contributed by atoms with van der Waals surface area (Å²) in [6, 6.07) is 13.9. The number of fused-ring (bicyclic) bond motifs is 2. The molecule has 4 fully saturated rings. The van der Waals surface area contributed by atoms with Crippen molar-refractivity contribution in [3.63, 3.8) is 0 Å². The normalized spacial score (nSPS) is 21.7. The SMILES string of the molecule is O=C1CCC(N2Cc3cc(C4CCN(CC5CCN(c6ccc(-c7cnc8[nH]cc(C(=O)c9c(F)ccc(N[S+]([O-])N%10CCC(F)C%10)c9F)c8c7)cc6F)CC5)CC4)ccc3C2=O)C(=O)N1. The molecule has 13 nitrogen and oxygen atoms in total. The van der Waals surface area contributed by atoms with Crippen LogP contribution in [-0.4, -0.2) is 110 Å². The molecule has 2 aromatic heterocycles. The maximum Gasteiger partial charge on any atom is 0.255 e. The number of nitrogens with zero attached hydrogens (tertiary/aromatic N) is 5. The van der Waals surface area contributed by atoms with E-state index in [1.807, 2.05) is 12.1 Å². The minimum Gasteiger partial charge on any atom is -0.573 e. The Morgan fingerprint density at radius 1 is 0.879 bits per heavy atom. The predicted octanol–water partition coefficient (Wildman–Crippen LogP) is 6.77. The summed E-state index contributed by atoms with van der Waals surface area (Å²) < 4.78 is 76.9. The van der Waals surface area contributed by atoms with Gasteiger partial charge >= 0.3 is 0 Å². The highest BCUT2D eigenvalue weighted by molar-refractivity contribution is 7.90. The molecule has 0 bridgehead atoms. The molecule has 10 rings (SSSR count). The second-order valence-electron chi connectivity index (χ2n) is 18.0. The molecule has 344 valence electrons. The van der Waals surface area contributed by atoms with Gasteiger partial charge in [-0.05, 0) is 117 Å². The molecular formula is C48H48F4N8O5S. The van der Waals surface area contributed by atoms with E-state index in [4.69, 9.17) is 0 Å². The van der Waals surface area contributed by atoms with E-state index in [9.17, 15) is 28.1 Å². The number of halogens is 4. The van der Waals surface area contributed by atoms with Gasteiger partial charge in [0.05, 0.1) is 17.8 Å². The van der Waals surface area contributed by atoms with Gasteiger partial charge in [-0.3, -0.25) is 24.5 Å². The van der Waals surface area contributed by atoms with Crippen LogP contribution >= 0.6 is 0 Å². The number of ketones is 1. The summed E-state index contributed by atoms with van der Waals surface area (Å²) in [4.78, 5) is 64.5. The van der Waals surface area contributed by atoms with Gasteiger partial charge in [0.25, 0.3) is 5.91 Å². The molecule has 3 atom stereocenters. The number of hydrogen-bond donors (Lipinski definition) is 3. The first kappa shape index (κ1) is 44.0. The average Bonchev–Trinajstić information content (AvgIpc) is 4.04. The first-order valence-corrected chi connectivity index (χ1v) is 23.6. The van der Waals surface area contributed by atoms with Crippen molar-refractivity contribution in [3.05, 3.63) is 112 Å². The lowest BCUT2D eigenvalue weighted by Gasteiger charge is -2.38. The maximum absolute atomic E-state index is 15.9. The Morgan fingerprint density at radius 3 is 2.42 bits per heavy atom. The monoisotopic (exact) mass is 924 g/mol. The van der Waals surface area contributed by atoms with Gasteiger partial charge in [0, 0.05) is 73.6 Å². The van der Waals surface area contributed by atoms with Crippen LogP contribution in [0.15, 0.2) is 67.0 Å². The lowest BCUT2D eigenvalue weighted by Crippen LogP contribution is -2.52. The van der Waals surface area contributed by atoms with E-state index in [-0.39, 0.29) is 60.0 Å². The molecule has 0 radical (unpaired) electrons. The van der Waals surface area contributed by atoms with E-state index in [1.165, 1.54) is 28.3 Å². The van der Waals surface area contributed by atoms with Gasteiger partial charge in [-0.2, -0.15) is 4.72 Å². The van der Waals surface area contributed by atoms with Gasteiger partial charge in [-0.1, -0.05) is 18.2 Å². The second-order valence-corrected chi connectivity index (χ2v) is 19.3. The van der Waals surface area contributed by atoms with Gasteiger partial charge in [0.2, 0.25) is 17.6 Å². The molecule has 5 aliphatic rings. The van der Waals surface area contributed by atoms with Gasteiger partial charge in [-0.25, -0.2) is 22.5 Å². The Hall–Kier alpha value is -5.82. The number of hydrogen-bond acceptors (Lipinski definition) is 10. The lowest BCUT2D eigenvalue weighted by molar-refractivity contribution is -0.136. The molecule has 0 saturated carbocycles. The van der Waals surface area contributed by atoms with Crippen molar-refractivity contribution in [1.82, 2.24) is 29.4 Å². The fraction of sp³-hybridized carbons (Fsp3) is 0.396. The van der Waals surface area contributed by atoms with Crippen molar-refractivity contribution < 1.29 is 41.3 Å². The van der Waals surface area contributed by atoms with Crippen molar-refractivity contribution >= 4 is 57.5 Å². The molecule has 3 unspecified atom stereocenters. The minimum absolute atomic E-state index is 0.0565. The third-order valence-corrected chi connectivity index (χ3v) is 15.2. The number of aromatic nitrogens is 2. The zero-order valence-corrected chi connectivity index (χ0v) is 36.8. The predicted molar refractivity (Wildman–Crippen MR) is 240 cm³/mol. The zero-order chi connectivity index (χ0) is 45.8. The Labute approximate surface area is 381 Å². The van der Waals surface area contributed by atoms with Crippen LogP contribution in [0.25, 0.3) is 22.2 Å². The maximum atomic E-state index is 15.9. The van der Waals surface area contributed by atoms with E-state index in [0.717, 1.165) is 63.0 Å². The highest BCUT2D eigenvalue weighted by Gasteiger charge is 2.40. The molecule has 66 heavy (non-hydrogen) atoms. The molecule has 3 amide bonds. The molecule has 0 spiro atoms. The summed E-state index contributed by atoms with van der Waals surface area (Å²) in [6.07, 6.45) is 6.27. The van der Waals surface area contributed by atoms with E-state index < -0.39 is 58.5 Å². The molecule has 0 aliphatic carbocycles. The topological polar surface area (TPSA) is 157 Å². The number of piperidine rings is 3. The zero-order valence-electron chi connectivity index (χ0n) is 36.0. The Kier molecular flexibility index (Phi) is 12.1. The van der Waals surface area contributed by atoms with Crippen molar-refractivity contribution in [2.75, 3.05) is 55.4 Å². The van der Waals surface area contributed by atoms with E-state index in [1.54, 1.807) is 23.1 Å². The molecule has 3 aromatic carbocycles. The summed E-state index contributed by atoms with van der Waals surface area (Å²) in [6.45, 7) is 4.78. The van der Waals surface area contributed by atoms with Gasteiger partial charge in [0.15, 0.2) is 17.4 Å². The number of H-pyrrole nitrogens is 1. The third kappa shape index (κ3) is 8.55. The number of alkyl halides is 1. The number of aromatic amines is 1. The minimum atomic E-state index is -2.01. The summed E-state index contributed by atoms with van der Waals surface area (Å²) in [5.74, 6) is -3.74. The van der Waals surface area contributed by atoms with Gasteiger partial charge in [0.1, 0.15) is 35.2 Å². The summed E-state index contributed by atoms with van der Waals surface area (Å²) in [5.41, 5.74) is 3.28. The van der Waals surface area contributed by atoms with Crippen LogP contribution in [0.1, 0.15) is 88.3 Å². The smallest absolute Gasteiger partial charge is 0.255 e. The second kappa shape index (κ2) is 18.1. The van der Waals surface area contributed by atoms with Crippen LogP contribution in [0.2, 0.25) is 0 Å². The molecule has 4 saturated heterocycles. The number of imide groups is 1. The number of benzene rings is 3. The van der Waals surface area contributed by atoms with Crippen molar-refractivity contribution in [2.45, 2.75) is 69.6 Å². The van der Waals surface area contributed by atoms with Crippen LogP contribution in [0.4, 0.5) is 28.9 Å². The summed E-state index contributed by atoms with van der Waals surface area (Å²) in [5, 5.41) is 2.64. The Morgan fingerprint density at radius 2 is 1.68 bits per heavy atom. The number of amides is 3. The van der Waals surface area contributed by atoms with Crippen molar-refractivity contribution in [2.24, 2.45) is 5.92 Å². The Balaban J connectivity index is 0.737. The van der Waals surface area contributed by atoms with Crippen LogP contribution < -0.4 is 14.9 Å². The van der Waals surface area contributed by atoms with Crippen LogP contribution in [0, 0.1) is 23.4 Å². The Bertz CT molecular complexity index is 2740. The van der Waals surface area contributed by atoms with Crippen molar-refractivity contribution in [3.8, 4) is 11.1 Å². The fourth-order valence-corrected chi connectivity index (χ4v) is 11.3. The number of carbonyl (C=O) groups excluding carboxylic acids is 4. The molecule has 3 N–H and O–H groups in total. The number of anilines is 2. The van der Waals surface area contributed by atoms with Crippen LogP contribution in [0.5, 0.6) is 0 Å². The van der Waals surface area contributed by atoms with Crippen LogP contribution in [0.3, 0.4) is 0 Å². The lowest BCUT2D eigenvalue weighted by atomic mass is 9.87. The molecular weight excluding hydrogens is 877 g/mol. The fourth-order valence-electron chi connectivity index (χ4n) is 10.3. The third-order valence-electron chi connectivity index (χ3n) is 14.0. The highest BCUT2D eigenvalue weighted by atomic mass is 32.2. The summed E-state index contributed by atoms with van der Waals surface area (Å²) in [7, 11) is 0. The number of likely N-dealkylation sites (tertiary alicyclic amines) is 1. The van der Waals surface area contributed by atoms with Gasteiger partial charge in [-0.15, -0.1) is 4.31 Å². The quantitative estimate of drug-likeness (QED) is 0.0560. The van der Waals surface area contributed by atoms with Crippen molar-refractivity contribution in [1.29, 1.82) is 0 Å². The molecule has 7 heterocycles. The van der Waals surface area contributed by atoms with E-state index >= 15 is 13.2 Å². The van der Waals surface area contributed by atoms with E-state index in [0.29, 0.717) is 60.3 Å². The number of rotatable bonds is 11. The molecule has 5 aliphatic heterocycles. The van der Waals surface area contributed by atoms with Crippen LogP contribution in [-0.2, 0) is 27.7 Å².